The van der Waals surface area contributed by atoms with Gasteiger partial charge in [-0.1, -0.05) is 0 Å². The van der Waals surface area contributed by atoms with Crippen LogP contribution in [0.3, 0.4) is 0 Å². The average molecular weight is 313 g/mol. The largest absolute Gasteiger partial charge is 0.339 e. The Hall–Kier alpha value is -2.21. The molecule has 6 nitrogen and oxygen atoms in total. The van der Waals surface area contributed by atoms with Crippen molar-refractivity contribution in [3.8, 4) is 5.69 Å². The van der Waals surface area contributed by atoms with Gasteiger partial charge in [-0.2, -0.15) is 5.10 Å². The molecule has 0 radical (unpaired) electrons. The Morgan fingerprint density at radius 2 is 2.17 bits per heavy atom. The van der Waals surface area contributed by atoms with Crippen LogP contribution in [0.15, 0.2) is 36.9 Å². The van der Waals surface area contributed by atoms with Crippen molar-refractivity contribution >= 4 is 5.91 Å². The Morgan fingerprint density at radius 3 is 2.87 bits per heavy atom. The third kappa shape index (κ3) is 3.76. The summed E-state index contributed by atoms with van der Waals surface area (Å²) >= 11 is 0. The van der Waals surface area contributed by atoms with Crippen LogP contribution < -0.4 is 5.32 Å². The number of carbonyl (C=O) groups excluding carboxylic acids is 1. The number of likely N-dealkylation sites (tertiary alicyclic amines) is 1. The lowest BCUT2D eigenvalue weighted by atomic mass is 9.93. The highest BCUT2D eigenvalue weighted by Crippen LogP contribution is 2.21. The number of nitrogens with one attached hydrogen (secondary N) is 1. The molecule has 3 rings (SSSR count). The minimum absolute atomic E-state index is 0.0761. The molecule has 0 spiro atoms. The van der Waals surface area contributed by atoms with E-state index in [0.29, 0.717) is 5.56 Å². The average Bonchev–Trinajstić information content (AvgIpc) is 3.11. The van der Waals surface area contributed by atoms with Crippen molar-refractivity contribution in [3.05, 3.63) is 42.5 Å². The number of aromatic nitrogens is 3. The minimum Gasteiger partial charge on any atom is -0.339 e. The van der Waals surface area contributed by atoms with Gasteiger partial charge in [0.05, 0.1) is 23.6 Å². The second-order valence-electron chi connectivity index (χ2n) is 6.01. The summed E-state index contributed by atoms with van der Waals surface area (Å²) in [6.07, 6.45) is 10.2. The predicted molar refractivity (Wildman–Crippen MR) is 88.5 cm³/mol. The lowest BCUT2D eigenvalue weighted by Crippen LogP contribution is -2.38. The topological polar surface area (TPSA) is 63.1 Å². The number of carbonyl (C=O) groups is 1. The molecular weight excluding hydrogens is 290 g/mol. The summed E-state index contributed by atoms with van der Waals surface area (Å²) in [6.45, 7) is 2.73. The molecular formula is C17H23N5O. The maximum absolute atomic E-state index is 12.6. The Kier molecular flexibility index (Phi) is 5.02. The molecule has 1 amide bonds. The van der Waals surface area contributed by atoms with Crippen LogP contribution in [0.4, 0.5) is 0 Å². The highest BCUT2D eigenvalue weighted by Gasteiger charge is 2.24. The van der Waals surface area contributed by atoms with Crippen LogP contribution >= 0.6 is 0 Å². The molecule has 0 saturated carbocycles. The van der Waals surface area contributed by atoms with Gasteiger partial charge in [0.2, 0.25) is 0 Å². The van der Waals surface area contributed by atoms with Gasteiger partial charge in [0, 0.05) is 25.5 Å². The van der Waals surface area contributed by atoms with Gasteiger partial charge >= 0.3 is 0 Å². The molecule has 2 aromatic rings. The van der Waals surface area contributed by atoms with Crippen LogP contribution in [0.2, 0.25) is 0 Å². The first-order valence-corrected chi connectivity index (χ1v) is 8.17. The number of rotatable bonds is 5. The summed E-state index contributed by atoms with van der Waals surface area (Å²) in [5, 5.41) is 7.48. The normalized spacial score (nSPS) is 15.8. The maximum atomic E-state index is 12.6. The number of pyridine rings is 1. The molecule has 1 N–H and O–H groups in total. The van der Waals surface area contributed by atoms with Gasteiger partial charge < -0.3 is 10.2 Å². The maximum Gasteiger partial charge on any atom is 0.257 e. The Bertz CT molecular complexity index is 631. The van der Waals surface area contributed by atoms with Gasteiger partial charge in [-0.05, 0) is 50.9 Å². The van der Waals surface area contributed by atoms with E-state index in [1.165, 1.54) is 6.42 Å². The van der Waals surface area contributed by atoms with Gasteiger partial charge in [0.1, 0.15) is 0 Å². The number of hydrogen-bond acceptors (Lipinski definition) is 4. The summed E-state index contributed by atoms with van der Waals surface area (Å²) in [6, 6.07) is 3.77. The molecule has 1 fully saturated rings. The highest BCUT2D eigenvalue weighted by molar-refractivity contribution is 5.93. The number of amides is 1. The third-order valence-corrected chi connectivity index (χ3v) is 4.44. The fourth-order valence-electron chi connectivity index (χ4n) is 3.02. The molecule has 23 heavy (non-hydrogen) atoms. The molecule has 0 unspecified atom stereocenters. The Labute approximate surface area is 136 Å². The second-order valence-corrected chi connectivity index (χ2v) is 6.01. The van der Waals surface area contributed by atoms with E-state index in [-0.39, 0.29) is 5.91 Å². The minimum atomic E-state index is 0.0761. The Balaban J connectivity index is 1.60. The van der Waals surface area contributed by atoms with Gasteiger partial charge in [-0.3, -0.25) is 9.78 Å². The fraction of sp³-hybridized carbons (Fsp3) is 0.471. The molecule has 0 aliphatic carbocycles. The van der Waals surface area contributed by atoms with Crippen molar-refractivity contribution in [2.24, 2.45) is 5.92 Å². The summed E-state index contributed by atoms with van der Waals surface area (Å²) < 4.78 is 1.69. The summed E-state index contributed by atoms with van der Waals surface area (Å²) in [7, 11) is 1.98. The van der Waals surface area contributed by atoms with Gasteiger partial charge in [-0.25, -0.2) is 4.68 Å². The number of nitrogens with zero attached hydrogens (tertiary/aromatic N) is 4. The van der Waals surface area contributed by atoms with E-state index in [9.17, 15) is 4.79 Å². The van der Waals surface area contributed by atoms with E-state index in [1.807, 2.05) is 24.1 Å². The molecule has 1 aliphatic heterocycles. The third-order valence-electron chi connectivity index (χ3n) is 4.44. The molecule has 0 atom stereocenters. The number of hydrogen-bond donors (Lipinski definition) is 1. The van der Waals surface area contributed by atoms with Crippen molar-refractivity contribution in [2.75, 3.05) is 26.7 Å². The van der Waals surface area contributed by atoms with E-state index in [4.69, 9.17) is 0 Å². The van der Waals surface area contributed by atoms with Crippen LogP contribution in [0, 0.1) is 5.92 Å². The van der Waals surface area contributed by atoms with Crippen LogP contribution in [-0.4, -0.2) is 52.3 Å². The van der Waals surface area contributed by atoms with Crippen LogP contribution in [-0.2, 0) is 0 Å². The SMILES string of the molecule is CNCCC1CCN(C(=O)c2cnn(-c3cccnc3)c2)CC1. The van der Waals surface area contributed by atoms with Crippen molar-refractivity contribution in [3.63, 3.8) is 0 Å². The van der Waals surface area contributed by atoms with Gasteiger partial charge in [0.15, 0.2) is 0 Å². The molecule has 0 bridgehead atoms. The van der Waals surface area contributed by atoms with Crippen LogP contribution in [0.25, 0.3) is 5.69 Å². The van der Waals surface area contributed by atoms with Crippen molar-refractivity contribution in [1.82, 2.24) is 25.0 Å². The van der Waals surface area contributed by atoms with Gasteiger partial charge in [-0.15, -0.1) is 0 Å². The smallest absolute Gasteiger partial charge is 0.257 e. The molecule has 122 valence electrons. The van der Waals surface area contributed by atoms with E-state index < -0.39 is 0 Å². The molecule has 1 saturated heterocycles. The standard InChI is InChI=1S/C17H23N5O/c1-18-8-4-14-5-9-21(10-6-14)17(23)15-11-20-22(13-15)16-3-2-7-19-12-16/h2-3,7,11-14,18H,4-6,8-10H2,1H3. The molecule has 6 heteroatoms. The van der Waals surface area contributed by atoms with E-state index >= 15 is 0 Å². The van der Waals surface area contributed by atoms with Gasteiger partial charge in [0.25, 0.3) is 5.91 Å². The molecule has 0 aromatic carbocycles. The summed E-state index contributed by atoms with van der Waals surface area (Å²) in [4.78, 5) is 18.6. The monoisotopic (exact) mass is 313 g/mol. The molecule has 3 heterocycles. The van der Waals surface area contributed by atoms with E-state index in [2.05, 4.69) is 15.4 Å². The zero-order valence-electron chi connectivity index (χ0n) is 13.5. The predicted octanol–water partition coefficient (Wildman–Crippen LogP) is 1.73. The zero-order chi connectivity index (χ0) is 16.1. The quantitative estimate of drug-likeness (QED) is 0.913. The Morgan fingerprint density at radius 1 is 1.35 bits per heavy atom. The second kappa shape index (κ2) is 7.37. The van der Waals surface area contributed by atoms with E-state index in [1.54, 1.807) is 29.5 Å². The van der Waals surface area contributed by atoms with Crippen molar-refractivity contribution < 1.29 is 4.79 Å². The summed E-state index contributed by atoms with van der Waals surface area (Å²) in [5.41, 5.74) is 1.50. The first-order valence-electron chi connectivity index (χ1n) is 8.17. The molecule has 1 aliphatic rings. The lowest BCUT2D eigenvalue weighted by Gasteiger charge is -2.31. The van der Waals surface area contributed by atoms with Crippen LogP contribution in [0.1, 0.15) is 29.6 Å². The van der Waals surface area contributed by atoms with Crippen molar-refractivity contribution in [1.29, 1.82) is 0 Å². The lowest BCUT2D eigenvalue weighted by molar-refractivity contribution is 0.0687. The van der Waals surface area contributed by atoms with Crippen molar-refractivity contribution in [2.45, 2.75) is 19.3 Å². The zero-order valence-corrected chi connectivity index (χ0v) is 13.5. The fourth-order valence-corrected chi connectivity index (χ4v) is 3.02. The van der Waals surface area contributed by atoms with E-state index in [0.717, 1.165) is 44.1 Å². The van der Waals surface area contributed by atoms with Crippen LogP contribution in [0.5, 0.6) is 0 Å². The number of piperidine rings is 1. The first kappa shape index (κ1) is 15.7. The first-order chi connectivity index (χ1) is 11.3. The highest BCUT2D eigenvalue weighted by atomic mass is 16.2. The molecule has 2 aromatic heterocycles. The summed E-state index contributed by atoms with van der Waals surface area (Å²) in [5.74, 6) is 0.803.